The van der Waals surface area contributed by atoms with Crippen molar-refractivity contribution in [3.8, 4) is 0 Å². The standard InChI is InChI=1S/C53H86O6/c1-4-7-10-13-16-19-22-25-26-27-29-31-34-37-40-43-46-52(55)58-49-50(48-57-51(54)45-42-39-36-33-30-24-21-18-15-12-9-6-3)59-53(56)47-44-41-38-35-32-28-23-20-17-14-11-8-5-2/h7-8,10-11,14,16-17,19-20,23,25-26,28,32,35,38,50H,4-6,9,12-13,15,18,21-22,24,27,29-31,33-34,36-37,39-49H2,1-3H3/b10-7-,11-8-,17-14-,19-16-,23-20-,26-25-,32-28-,38-35-. The third-order valence-corrected chi connectivity index (χ3v) is 9.71. The van der Waals surface area contributed by atoms with Crippen molar-refractivity contribution in [1.82, 2.24) is 0 Å². The van der Waals surface area contributed by atoms with E-state index in [2.05, 4.69) is 63.3 Å². The molecule has 0 saturated carbocycles. The molecule has 0 amide bonds. The Bertz CT molecular complexity index is 1220. The van der Waals surface area contributed by atoms with Crippen LogP contribution in [0.2, 0.25) is 0 Å². The Morgan fingerprint density at radius 2 is 0.763 bits per heavy atom. The Morgan fingerprint density at radius 3 is 1.27 bits per heavy atom. The van der Waals surface area contributed by atoms with Crippen LogP contribution in [0.15, 0.2) is 97.2 Å². The molecule has 0 aromatic carbocycles. The van der Waals surface area contributed by atoms with Crippen molar-refractivity contribution in [2.45, 2.75) is 207 Å². The van der Waals surface area contributed by atoms with Crippen molar-refractivity contribution in [2.24, 2.45) is 0 Å². The number of esters is 3. The molecule has 0 aromatic rings. The van der Waals surface area contributed by atoms with E-state index < -0.39 is 6.10 Å². The summed E-state index contributed by atoms with van der Waals surface area (Å²) in [5, 5.41) is 0. The highest BCUT2D eigenvalue weighted by molar-refractivity contribution is 5.71. The molecule has 334 valence electrons. The number of ether oxygens (including phenoxy) is 3. The normalized spacial score (nSPS) is 12.9. The highest BCUT2D eigenvalue weighted by Gasteiger charge is 2.19. The second-order valence-electron chi connectivity index (χ2n) is 15.4. The zero-order valence-electron chi connectivity index (χ0n) is 38.0. The lowest BCUT2D eigenvalue weighted by molar-refractivity contribution is -0.167. The van der Waals surface area contributed by atoms with Gasteiger partial charge in [0.15, 0.2) is 6.10 Å². The molecule has 0 spiro atoms. The molecule has 6 nitrogen and oxygen atoms in total. The molecule has 0 radical (unpaired) electrons. The molecule has 0 saturated heterocycles. The molecule has 0 N–H and O–H groups in total. The summed E-state index contributed by atoms with van der Waals surface area (Å²) in [4.78, 5) is 37.8. The van der Waals surface area contributed by atoms with Crippen LogP contribution in [0.25, 0.3) is 0 Å². The monoisotopic (exact) mass is 819 g/mol. The first-order valence-electron chi connectivity index (χ1n) is 23.8. The van der Waals surface area contributed by atoms with Crippen LogP contribution in [0.3, 0.4) is 0 Å². The number of allylic oxidation sites excluding steroid dienone is 16. The van der Waals surface area contributed by atoms with Gasteiger partial charge in [0.05, 0.1) is 0 Å². The van der Waals surface area contributed by atoms with Crippen LogP contribution in [0.4, 0.5) is 0 Å². The fraction of sp³-hybridized carbons (Fsp3) is 0.642. The molecule has 0 aromatic heterocycles. The molecule has 6 heteroatoms. The molecule has 59 heavy (non-hydrogen) atoms. The van der Waals surface area contributed by atoms with Crippen LogP contribution < -0.4 is 0 Å². The minimum atomic E-state index is -0.817. The van der Waals surface area contributed by atoms with Gasteiger partial charge >= 0.3 is 17.9 Å². The van der Waals surface area contributed by atoms with Gasteiger partial charge in [0.1, 0.15) is 13.2 Å². The van der Waals surface area contributed by atoms with E-state index in [9.17, 15) is 14.4 Å². The van der Waals surface area contributed by atoms with Crippen molar-refractivity contribution < 1.29 is 28.6 Å². The lowest BCUT2D eigenvalue weighted by atomic mass is 10.0. The summed E-state index contributed by atoms with van der Waals surface area (Å²) in [6, 6.07) is 0. The predicted octanol–water partition coefficient (Wildman–Crippen LogP) is 15.4. The van der Waals surface area contributed by atoms with Gasteiger partial charge in [-0.05, 0) is 64.2 Å². The molecule has 0 bridgehead atoms. The molecule has 0 aliphatic heterocycles. The summed E-state index contributed by atoms with van der Waals surface area (Å²) < 4.78 is 16.7. The molecule has 0 fully saturated rings. The van der Waals surface area contributed by atoms with Crippen LogP contribution >= 0.6 is 0 Å². The van der Waals surface area contributed by atoms with E-state index in [4.69, 9.17) is 14.2 Å². The van der Waals surface area contributed by atoms with Crippen LogP contribution in [0.5, 0.6) is 0 Å². The molecule has 0 rings (SSSR count). The first kappa shape index (κ1) is 55.3. The zero-order chi connectivity index (χ0) is 43.0. The first-order valence-corrected chi connectivity index (χ1v) is 23.8. The minimum absolute atomic E-state index is 0.110. The second kappa shape index (κ2) is 47.0. The Balaban J connectivity index is 4.51. The second-order valence-corrected chi connectivity index (χ2v) is 15.4. The van der Waals surface area contributed by atoms with E-state index in [1.54, 1.807) is 0 Å². The van der Waals surface area contributed by atoms with Crippen LogP contribution in [-0.2, 0) is 28.6 Å². The summed E-state index contributed by atoms with van der Waals surface area (Å²) in [7, 11) is 0. The zero-order valence-corrected chi connectivity index (χ0v) is 38.0. The fourth-order valence-corrected chi connectivity index (χ4v) is 6.19. The Morgan fingerprint density at radius 1 is 0.373 bits per heavy atom. The quantitative estimate of drug-likeness (QED) is 0.0201. The largest absolute Gasteiger partial charge is 0.462 e. The number of carbonyl (C=O) groups is 3. The van der Waals surface area contributed by atoms with E-state index in [1.807, 2.05) is 54.7 Å². The van der Waals surface area contributed by atoms with Gasteiger partial charge in [-0.2, -0.15) is 0 Å². The van der Waals surface area contributed by atoms with Crippen molar-refractivity contribution in [3.05, 3.63) is 97.2 Å². The summed E-state index contributed by atoms with van der Waals surface area (Å²) >= 11 is 0. The lowest BCUT2D eigenvalue weighted by Crippen LogP contribution is -2.30. The van der Waals surface area contributed by atoms with Crippen LogP contribution in [0.1, 0.15) is 201 Å². The number of hydrogen-bond acceptors (Lipinski definition) is 6. The molecule has 0 aliphatic carbocycles. The van der Waals surface area contributed by atoms with E-state index in [1.165, 1.54) is 70.6 Å². The third-order valence-electron chi connectivity index (χ3n) is 9.71. The molecular weight excluding hydrogens is 733 g/mol. The highest BCUT2D eigenvalue weighted by atomic mass is 16.6. The molecular formula is C53H86O6. The van der Waals surface area contributed by atoms with Crippen molar-refractivity contribution in [2.75, 3.05) is 13.2 Å². The van der Waals surface area contributed by atoms with E-state index in [-0.39, 0.29) is 37.5 Å². The van der Waals surface area contributed by atoms with Gasteiger partial charge in [0, 0.05) is 19.3 Å². The van der Waals surface area contributed by atoms with Crippen LogP contribution in [0, 0.1) is 0 Å². The number of hydrogen-bond donors (Lipinski definition) is 0. The van der Waals surface area contributed by atoms with Crippen molar-refractivity contribution in [1.29, 1.82) is 0 Å². The lowest BCUT2D eigenvalue weighted by Gasteiger charge is -2.18. The van der Waals surface area contributed by atoms with Gasteiger partial charge in [-0.3, -0.25) is 14.4 Å². The topological polar surface area (TPSA) is 78.9 Å². The maximum absolute atomic E-state index is 12.7. The van der Waals surface area contributed by atoms with Gasteiger partial charge in [-0.25, -0.2) is 0 Å². The minimum Gasteiger partial charge on any atom is -0.462 e. The van der Waals surface area contributed by atoms with Gasteiger partial charge in [0.2, 0.25) is 0 Å². The maximum Gasteiger partial charge on any atom is 0.306 e. The maximum atomic E-state index is 12.7. The third kappa shape index (κ3) is 45.3. The first-order chi connectivity index (χ1) is 29.0. The molecule has 1 atom stereocenters. The van der Waals surface area contributed by atoms with Crippen LogP contribution in [-0.4, -0.2) is 37.2 Å². The summed E-state index contributed by atoms with van der Waals surface area (Å²) in [5.41, 5.74) is 0. The Hall–Kier alpha value is -3.67. The average molecular weight is 819 g/mol. The predicted molar refractivity (Wildman–Crippen MR) is 251 cm³/mol. The molecule has 1 unspecified atom stereocenters. The molecule has 0 heterocycles. The summed E-state index contributed by atoms with van der Waals surface area (Å²) in [5.74, 6) is -1.01. The van der Waals surface area contributed by atoms with Gasteiger partial charge in [-0.15, -0.1) is 0 Å². The van der Waals surface area contributed by atoms with E-state index in [0.717, 1.165) is 83.5 Å². The van der Waals surface area contributed by atoms with Gasteiger partial charge in [0.25, 0.3) is 0 Å². The van der Waals surface area contributed by atoms with Gasteiger partial charge in [-0.1, -0.05) is 214 Å². The number of unbranched alkanes of at least 4 members (excludes halogenated alkanes) is 18. The number of rotatable bonds is 41. The SMILES string of the molecule is CC\C=C/C=C\C=C/C=C\C=C/CCCC(=O)OC(COC(=O)CCCCCCCC/C=C\C/C=C\C/C=C\CC)COC(=O)CCCCCCCCCCCCCC. The smallest absolute Gasteiger partial charge is 0.306 e. The number of carbonyl (C=O) groups excluding carboxylic acids is 3. The Labute approximate surface area is 362 Å². The summed E-state index contributed by atoms with van der Waals surface area (Å²) in [6.07, 6.45) is 61.1. The average Bonchev–Trinajstić information content (AvgIpc) is 3.23. The van der Waals surface area contributed by atoms with Crippen molar-refractivity contribution in [3.63, 3.8) is 0 Å². The van der Waals surface area contributed by atoms with E-state index in [0.29, 0.717) is 19.3 Å². The fourth-order valence-electron chi connectivity index (χ4n) is 6.19. The highest BCUT2D eigenvalue weighted by Crippen LogP contribution is 2.14. The Kier molecular flexibility index (Phi) is 44.1. The summed E-state index contributed by atoms with van der Waals surface area (Å²) in [6.45, 7) is 6.29. The van der Waals surface area contributed by atoms with E-state index >= 15 is 0 Å². The van der Waals surface area contributed by atoms with Gasteiger partial charge < -0.3 is 14.2 Å². The van der Waals surface area contributed by atoms with Crippen molar-refractivity contribution >= 4 is 17.9 Å². The molecule has 0 aliphatic rings.